The minimum absolute atomic E-state index is 0. The van der Waals surface area contributed by atoms with Gasteiger partial charge in [0.2, 0.25) is 0 Å². The van der Waals surface area contributed by atoms with Gasteiger partial charge in [0.15, 0.2) is 0 Å². The summed E-state index contributed by atoms with van der Waals surface area (Å²) in [7, 11) is -4.55. The summed E-state index contributed by atoms with van der Waals surface area (Å²) >= 11 is 0. The third-order valence-corrected chi connectivity index (χ3v) is 9.48. The molecule has 0 aliphatic heterocycles. The van der Waals surface area contributed by atoms with E-state index < -0.39 is 10.1 Å². The largest absolute Gasteiger partial charge is 1.00 e. The molecule has 0 heterocycles. The van der Waals surface area contributed by atoms with E-state index in [9.17, 15) is 13.0 Å². The Bertz CT molecular complexity index is 1030. The smallest absolute Gasteiger partial charge is 0.744 e. The van der Waals surface area contributed by atoms with Gasteiger partial charge in [0.05, 0.1) is 4.90 Å². The molecule has 228 valence electrons. The van der Waals surface area contributed by atoms with Crippen LogP contribution in [0.2, 0.25) is 0 Å². The molecule has 5 heteroatoms. The second kappa shape index (κ2) is 24.0. The van der Waals surface area contributed by atoms with Crippen molar-refractivity contribution in [3.05, 3.63) is 41.5 Å². The summed E-state index contributed by atoms with van der Waals surface area (Å²) in [6.45, 7) is 4.52. The van der Waals surface area contributed by atoms with Gasteiger partial charge in [-0.25, -0.2) is 8.42 Å². The molecule has 2 aromatic rings. The molecule has 41 heavy (non-hydrogen) atoms. The Morgan fingerprint density at radius 3 is 1.32 bits per heavy atom. The molecule has 0 unspecified atom stereocenters. The van der Waals surface area contributed by atoms with Gasteiger partial charge in [-0.1, -0.05) is 173 Å². The third kappa shape index (κ3) is 16.3. The molecule has 0 atom stereocenters. The maximum Gasteiger partial charge on any atom is 1.00 e. The fraction of sp³-hybridized carbons (Fsp3) is 0.722. The normalized spacial score (nSPS) is 11.7. The second-order valence-electron chi connectivity index (χ2n) is 12.1. The van der Waals surface area contributed by atoms with Crippen molar-refractivity contribution in [2.45, 2.75) is 173 Å². The molecular weight excluding hydrogens is 535 g/mol. The average Bonchev–Trinajstić information content (AvgIpc) is 2.93. The van der Waals surface area contributed by atoms with Gasteiger partial charge >= 0.3 is 29.6 Å². The van der Waals surface area contributed by atoms with Crippen LogP contribution in [-0.4, -0.2) is 13.0 Å². The molecule has 2 rings (SSSR count). The topological polar surface area (TPSA) is 57.2 Å². The van der Waals surface area contributed by atoms with Gasteiger partial charge in [0, 0.05) is 5.39 Å². The van der Waals surface area contributed by atoms with E-state index in [4.69, 9.17) is 0 Å². The Kier molecular flexibility index (Phi) is 22.6. The van der Waals surface area contributed by atoms with Crippen LogP contribution in [0.4, 0.5) is 0 Å². The van der Waals surface area contributed by atoms with Gasteiger partial charge in [0.1, 0.15) is 10.1 Å². The van der Waals surface area contributed by atoms with Crippen LogP contribution in [-0.2, 0) is 23.0 Å². The molecule has 0 saturated carbocycles. The molecular formula is C36H59NaO3S. The van der Waals surface area contributed by atoms with Crippen molar-refractivity contribution >= 4 is 20.9 Å². The molecule has 0 bridgehead atoms. The van der Waals surface area contributed by atoms with Gasteiger partial charge in [0.25, 0.3) is 0 Å². The van der Waals surface area contributed by atoms with Crippen molar-refractivity contribution < 1.29 is 42.5 Å². The SMILES string of the molecule is CCCCCCCCCCCCCc1ccc2cccc(CCCCCCCCCCCCC)c2c1S(=O)(=O)[O-].[Na+]. The Morgan fingerprint density at radius 2 is 0.902 bits per heavy atom. The van der Waals surface area contributed by atoms with Gasteiger partial charge in [-0.3, -0.25) is 0 Å². The van der Waals surface area contributed by atoms with Crippen LogP contribution in [0.1, 0.15) is 166 Å². The zero-order valence-corrected chi connectivity index (χ0v) is 29.8. The molecule has 0 aliphatic rings. The maximum absolute atomic E-state index is 12.5. The number of hydrogen-bond donors (Lipinski definition) is 0. The summed E-state index contributed by atoms with van der Waals surface area (Å²) in [5, 5.41) is 1.56. The first kappa shape index (κ1) is 38.6. The van der Waals surface area contributed by atoms with Crippen molar-refractivity contribution in [1.82, 2.24) is 0 Å². The number of rotatable bonds is 25. The Balaban J connectivity index is 0.00000840. The van der Waals surface area contributed by atoms with Gasteiger partial charge in [-0.2, -0.15) is 0 Å². The van der Waals surface area contributed by atoms with E-state index in [0.717, 1.165) is 43.1 Å². The molecule has 0 amide bonds. The molecule has 0 saturated heterocycles. The quantitative estimate of drug-likeness (QED) is 0.0658. The summed E-state index contributed by atoms with van der Waals surface area (Å²) in [6.07, 6.45) is 29.5. The van der Waals surface area contributed by atoms with Crippen molar-refractivity contribution in [1.29, 1.82) is 0 Å². The zero-order chi connectivity index (χ0) is 28.9. The van der Waals surface area contributed by atoms with E-state index in [2.05, 4.69) is 13.8 Å². The minimum atomic E-state index is -4.55. The van der Waals surface area contributed by atoms with E-state index in [1.165, 1.54) is 116 Å². The monoisotopic (exact) mass is 594 g/mol. The van der Waals surface area contributed by atoms with Crippen LogP contribution in [0.25, 0.3) is 10.8 Å². The van der Waals surface area contributed by atoms with Crippen LogP contribution in [0.5, 0.6) is 0 Å². The predicted octanol–water partition coefficient (Wildman–Crippen LogP) is 8.45. The summed E-state index contributed by atoms with van der Waals surface area (Å²) in [4.78, 5) is 0.0516. The predicted molar refractivity (Wildman–Crippen MR) is 172 cm³/mol. The fourth-order valence-electron chi connectivity index (χ4n) is 6.11. The van der Waals surface area contributed by atoms with Gasteiger partial charge in [-0.05, 0) is 42.2 Å². The van der Waals surface area contributed by atoms with E-state index in [1.54, 1.807) is 0 Å². The molecule has 0 spiro atoms. The summed E-state index contributed by atoms with van der Waals surface area (Å²) < 4.78 is 37.6. The fourth-order valence-corrected chi connectivity index (χ4v) is 7.10. The number of unbranched alkanes of at least 4 members (excludes halogenated alkanes) is 20. The number of benzene rings is 2. The van der Waals surface area contributed by atoms with Gasteiger partial charge in [-0.15, -0.1) is 0 Å². The van der Waals surface area contributed by atoms with E-state index >= 15 is 0 Å². The molecule has 0 aromatic heterocycles. The van der Waals surface area contributed by atoms with Crippen molar-refractivity contribution in [2.75, 3.05) is 0 Å². The zero-order valence-electron chi connectivity index (χ0n) is 27.0. The first-order chi connectivity index (χ1) is 19.5. The number of fused-ring (bicyclic) bond motifs is 1. The minimum Gasteiger partial charge on any atom is -0.744 e. The molecule has 0 N–H and O–H groups in total. The van der Waals surface area contributed by atoms with Gasteiger partial charge < -0.3 is 4.55 Å². The third-order valence-electron chi connectivity index (χ3n) is 8.52. The van der Waals surface area contributed by atoms with E-state index in [-0.39, 0.29) is 34.5 Å². The van der Waals surface area contributed by atoms with Crippen molar-refractivity contribution in [3.63, 3.8) is 0 Å². The number of aryl methyl sites for hydroxylation is 2. The average molecular weight is 595 g/mol. The number of hydrogen-bond acceptors (Lipinski definition) is 3. The molecule has 0 radical (unpaired) electrons. The van der Waals surface area contributed by atoms with E-state index in [0.29, 0.717) is 17.4 Å². The van der Waals surface area contributed by atoms with Crippen molar-refractivity contribution in [2.24, 2.45) is 0 Å². The second-order valence-corrected chi connectivity index (χ2v) is 13.4. The Morgan fingerprint density at radius 1 is 0.512 bits per heavy atom. The molecule has 0 fully saturated rings. The maximum atomic E-state index is 12.5. The van der Waals surface area contributed by atoms with E-state index in [1.807, 2.05) is 30.3 Å². The van der Waals surface area contributed by atoms with Crippen LogP contribution in [0.15, 0.2) is 35.2 Å². The Hall–Kier alpha value is -0.390. The van der Waals surface area contributed by atoms with Crippen LogP contribution < -0.4 is 29.6 Å². The first-order valence-corrected chi connectivity index (χ1v) is 18.4. The van der Waals surface area contributed by atoms with Crippen LogP contribution in [0, 0.1) is 0 Å². The standard InChI is InChI=1S/C36H60O3S.Na/c1-3-5-7-9-11-13-15-17-19-21-23-26-32-28-25-29-33-30-31-34(36(35(32)33)40(37,38)39)27-24-22-20-18-16-14-12-10-8-6-4-2;/h25,28-31H,3-24,26-27H2,1-2H3,(H,37,38,39);/q;+1/p-1. The molecule has 3 nitrogen and oxygen atoms in total. The van der Waals surface area contributed by atoms with Crippen LogP contribution >= 0.6 is 0 Å². The summed E-state index contributed by atoms with van der Waals surface area (Å²) in [5.41, 5.74) is 1.73. The Labute approximate surface area is 276 Å². The molecule has 2 aromatic carbocycles. The summed E-state index contributed by atoms with van der Waals surface area (Å²) in [6, 6.07) is 9.87. The van der Waals surface area contributed by atoms with Crippen LogP contribution in [0.3, 0.4) is 0 Å². The molecule has 0 aliphatic carbocycles. The van der Waals surface area contributed by atoms with Crippen molar-refractivity contribution in [3.8, 4) is 0 Å². The first-order valence-electron chi connectivity index (χ1n) is 17.0. The summed E-state index contributed by atoms with van der Waals surface area (Å²) in [5.74, 6) is 0.